The largest absolute Gasteiger partial charge is 0.330 e. The molecular formula is C16H25BrN2. The Labute approximate surface area is 125 Å². The molecular weight excluding hydrogens is 300 g/mol. The molecule has 2 rings (SSSR count). The zero-order chi connectivity index (χ0) is 13.8. The lowest BCUT2D eigenvalue weighted by molar-refractivity contribution is 0.138. The number of hydrogen-bond donors (Lipinski definition) is 1. The predicted octanol–water partition coefficient (Wildman–Crippen LogP) is 3.96. The maximum atomic E-state index is 5.93. The third-order valence-corrected chi connectivity index (χ3v) is 5.11. The van der Waals surface area contributed by atoms with Crippen LogP contribution in [-0.4, -0.2) is 24.5 Å². The number of rotatable bonds is 5. The molecule has 0 aromatic heterocycles. The fraction of sp³-hybridized carbons (Fsp3) is 0.625. The van der Waals surface area contributed by atoms with E-state index in [0.717, 1.165) is 17.4 Å². The molecule has 0 amide bonds. The van der Waals surface area contributed by atoms with Crippen LogP contribution in [0.2, 0.25) is 0 Å². The lowest BCUT2D eigenvalue weighted by atomic mass is 9.97. The lowest BCUT2D eigenvalue weighted by Gasteiger charge is -2.36. The first-order chi connectivity index (χ1) is 9.17. The van der Waals surface area contributed by atoms with Crippen molar-refractivity contribution >= 4 is 15.9 Å². The molecule has 0 bridgehead atoms. The molecule has 1 aromatic rings. The number of hydrogen-bond acceptors (Lipinski definition) is 2. The molecule has 2 nitrogen and oxygen atoms in total. The van der Waals surface area contributed by atoms with Gasteiger partial charge in [0.05, 0.1) is 0 Å². The van der Waals surface area contributed by atoms with Crippen LogP contribution in [0.3, 0.4) is 0 Å². The van der Waals surface area contributed by atoms with E-state index in [1.165, 1.54) is 24.8 Å². The topological polar surface area (TPSA) is 29.3 Å². The number of benzene rings is 1. The van der Waals surface area contributed by atoms with Crippen LogP contribution in [0, 0.1) is 5.92 Å². The highest BCUT2D eigenvalue weighted by Crippen LogP contribution is 2.35. The Morgan fingerprint density at radius 2 is 2.00 bits per heavy atom. The molecule has 2 N–H and O–H groups in total. The zero-order valence-electron chi connectivity index (χ0n) is 12.0. The summed E-state index contributed by atoms with van der Waals surface area (Å²) in [5.41, 5.74) is 7.34. The van der Waals surface area contributed by atoms with E-state index in [9.17, 15) is 0 Å². The first-order valence-electron chi connectivity index (χ1n) is 7.34. The summed E-state index contributed by atoms with van der Waals surface area (Å²) in [6.45, 7) is 3.10. The lowest BCUT2D eigenvalue weighted by Crippen LogP contribution is -2.39. The van der Waals surface area contributed by atoms with Gasteiger partial charge in [0.25, 0.3) is 0 Å². The second-order valence-corrected chi connectivity index (χ2v) is 6.55. The second-order valence-electron chi connectivity index (χ2n) is 5.64. The molecule has 0 saturated heterocycles. The molecule has 1 fully saturated rings. The van der Waals surface area contributed by atoms with E-state index in [1.807, 2.05) is 0 Å². The van der Waals surface area contributed by atoms with Crippen LogP contribution >= 0.6 is 15.9 Å². The minimum Gasteiger partial charge on any atom is -0.330 e. The van der Waals surface area contributed by atoms with E-state index in [4.69, 9.17) is 5.73 Å². The number of nitrogens with zero attached hydrogens (tertiary/aromatic N) is 1. The molecule has 0 spiro atoms. The summed E-state index contributed by atoms with van der Waals surface area (Å²) >= 11 is 3.51. The third kappa shape index (κ3) is 3.39. The molecule has 3 unspecified atom stereocenters. The number of nitrogens with two attached hydrogens (primary N) is 1. The Balaban J connectivity index is 2.14. The summed E-state index contributed by atoms with van der Waals surface area (Å²) in [6.07, 6.45) is 5.06. The monoisotopic (exact) mass is 324 g/mol. The van der Waals surface area contributed by atoms with E-state index in [-0.39, 0.29) is 0 Å². The minimum absolute atomic E-state index is 0.505. The fourth-order valence-corrected chi connectivity index (χ4v) is 3.77. The van der Waals surface area contributed by atoms with Crippen molar-refractivity contribution in [2.45, 2.75) is 44.7 Å². The molecule has 19 heavy (non-hydrogen) atoms. The van der Waals surface area contributed by atoms with E-state index >= 15 is 0 Å². The summed E-state index contributed by atoms with van der Waals surface area (Å²) in [5.74, 6) is 0.675. The minimum atomic E-state index is 0.505. The smallest absolute Gasteiger partial charge is 0.0345 e. The highest BCUT2D eigenvalue weighted by molar-refractivity contribution is 9.10. The predicted molar refractivity (Wildman–Crippen MR) is 85.1 cm³/mol. The average Bonchev–Trinajstić information content (AvgIpc) is 2.90. The Bertz CT molecular complexity index is 390. The van der Waals surface area contributed by atoms with Gasteiger partial charge in [-0.3, -0.25) is 4.90 Å². The Morgan fingerprint density at radius 1 is 1.32 bits per heavy atom. The zero-order valence-corrected chi connectivity index (χ0v) is 13.6. The van der Waals surface area contributed by atoms with Crippen molar-refractivity contribution in [3.05, 3.63) is 34.3 Å². The molecule has 0 radical (unpaired) electrons. The van der Waals surface area contributed by atoms with Gasteiger partial charge in [-0.05, 0) is 56.5 Å². The van der Waals surface area contributed by atoms with Gasteiger partial charge in [0.1, 0.15) is 0 Å². The van der Waals surface area contributed by atoms with Crippen LogP contribution in [0.4, 0.5) is 0 Å². The summed E-state index contributed by atoms with van der Waals surface area (Å²) in [5, 5.41) is 0. The van der Waals surface area contributed by atoms with Gasteiger partial charge in [-0.15, -0.1) is 0 Å². The van der Waals surface area contributed by atoms with Crippen molar-refractivity contribution in [2.75, 3.05) is 13.6 Å². The second kappa shape index (κ2) is 6.87. The van der Waals surface area contributed by atoms with Gasteiger partial charge in [0, 0.05) is 16.6 Å². The van der Waals surface area contributed by atoms with Crippen LogP contribution in [-0.2, 0) is 0 Å². The third-order valence-electron chi connectivity index (χ3n) is 4.58. The summed E-state index contributed by atoms with van der Waals surface area (Å²) < 4.78 is 1.15. The van der Waals surface area contributed by atoms with Gasteiger partial charge >= 0.3 is 0 Å². The molecule has 3 heteroatoms. The van der Waals surface area contributed by atoms with Gasteiger partial charge in [0.15, 0.2) is 0 Å². The Kier molecular flexibility index (Phi) is 5.43. The molecule has 106 valence electrons. The van der Waals surface area contributed by atoms with E-state index in [1.54, 1.807) is 0 Å². The molecule has 0 aliphatic heterocycles. The van der Waals surface area contributed by atoms with Gasteiger partial charge < -0.3 is 5.73 Å². The highest BCUT2D eigenvalue weighted by Gasteiger charge is 2.32. The van der Waals surface area contributed by atoms with Gasteiger partial charge in [-0.25, -0.2) is 0 Å². The van der Waals surface area contributed by atoms with Crippen LogP contribution < -0.4 is 5.73 Å². The van der Waals surface area contributed by atoms with E-state index < -0.39 is 0 Å². The maximum absolute atomic E-state index is 5.93. The Hall–Kier alpha value is -0.380. The number of halogens is 1. The van der Waals surface area contributed by atoms with Gasteiger partial charge in [0.2, 0.25) is 0 Å². The first-order valence-corrected chi connectivity index (χ1v) is 8.14. The van der Waals surface area contributed by atoms with Crippen molar-refractivity contribution in [3.8, 4) is 0 Å². The van der Waals surface area contributed by atoms with E-state index in [0.29, 0.717) is 18.0 Å². The highest BCUT2D eigenvalue weighted by atomic mass is 79.9. The summed E-state index contributed by atoms with van der Waals surface area (Å²) in [4.78, 5) is 2.56. The molecule has 3 atom stereocenters. The quantitative estimate of drug-likeness (QED) is 0.888. The van der Waals surface area contributed by atoms with Gasteiger partial charge in [-0.2, -0.15) is 0 Å². The normalized spacial score (nSPS) is 24.9. The summed E-state index contributed by atoms with van der Waals surface area (Å²) in [6, 6.07) is 9.91. The molecule has 1 aliphatic rings. The van der Waals surface area contributed by atoms with Crippen molar-refractivity contribution in [3.63, 3.8) is 0 Å². The molecule has 1 saturated carbocycles. The molecule has 0 heterocycles. The molecule has 1 aliphatic carbocycles. The van der Waals surface area contributed by atoms with Crippen molar-refractivity contribution in [1.29, 1.82) is 0 Å². The fourth-order valence-electron chi connectivity index (χ4n) is 3.50. The van der Waals surface area contributed by atoms with Crippen LogP contribution in [0.25, 0.3) is 0 Å². The van der Waals surface area contributed by atoms with Crippen molar-refractivity contribution in [1.82, 2.24) is 4.90 Å². The summed E-state index contributed by atoms with van der Waals surface area (Å²) in [7, 11) is 2.27. The van der Waals surface area contributed by atoms with Gasteiger partial charge in [-0.1, -0.05) is 41.4 Å². The van der Waals surface area contributed by atoms with E-state index in [2.05, 4.69) is 59.1 Å². The van der Waals surface area contributed by atoms with Crippen LogP contribution in [0.15, 0.2) is 28.7 Å². The first kappa shape index (κ1) is 15.0. The molecule has 1 aromatic carbocycles. The van der Waals surface area contributed by atoms with Crippen molar-refractivity contribution < 1.29 is 0 Å². The van der Waals surface area contributed by atoms with Crippen LogP contribution in [0.5, 0.6) is 0 Å². The standard InChI is InChI=1S/C16H25BrN2/c1-3-15(12-7-9-14(17)10-8-12)19(2)16-6-4-5-13(16)11-18/h7-10,13,15-16H,3-6,11,18H2,1-2H3. The Morgan fingerprint density at radius 3 is 2.58 bits per heavy atom. The van der Waals surface area contributed by atoms with Crippen molar-refractivity contribution in [2.24, 2.45) is 11.7 Å². The van der Waals surface area contributed by atoms with Crippen LogP contribution in [0.1, 0.15) is 44.2 Å². The SMILES string of the molecule is CCC(c1ccc(Br)cc1)N(C)C1CCCC1CN. The maximum Gasteiger partial charge on any atom is 0.0345 e. The average molecular weight is 325 g/mol.